The molecule has 1 aromatic heterocycles. The summed E-state index contributed by atoms with van der Waals surface area (Å²) < 4.78 is 4.79. The van der Waals surface area contributed by atoms with Gasteiger partial charge in [-0.2, -0.15) is 5.10 Å². The Balaban J connectivity index is 2.40. The molecular formula is C10H10N2O2S. The maximum atomic E-state index is 11.3. The van der Waals surface area contributed by atoms with E-state index in [0.717, 1.165) is 0 Å². The third kappa shape index (κ3) is 3.78. The van der Waals surface area contributed by atoms with Gasteiger partial charge in [0.15, 0.2) is 0 Å². The number of carbonyl (C=O) groups excluding carboxylic acids is 1. The average Bonchev–Trinajstić information content (AvgIpc) is 2.70. The van der Waals surface area contributed by atoms with Crippen LogP contribution in [0.4, 0.5) is 0 Å². The van der Waals surface area contributed by atoms with Crippen LogP contribution in [0.5, 0.6) is 0 Å². The number of nitrogens with one attached hydrogen (secondary N) is 1. The Morgan fingerprint density at radius 1 is 1.67 bits per heavy atom. The molecule has 5 heteroatoms. The first-order valence-electron chi connectivity index (χ1n) is 4.07. The van der Waals surface area contributed by atoms with Crippen LogP contribution < -0.4 is 5.43 Å². The van der Waals surface area contributed by atoms with E-state index in [0.29, 0.717) is 10.6 Å². The van der Waals surface area contributed by atoms with Crippen LogP contribution in [0.25, 0.3) is 0 Å². The highest BCUT2D eigenvalue weighted by molar-refractivity contribution is 7.12. The molecule has 0 atom stereocenters. The topological polar surface area (TPSA) is 50.7 Å². The predicted octanol–water partition coefficient (Wildman–Crippen LogP) is 2.14. The van der Waals surface area contributed by atoms with Crippen LogP contribution in [-0.4, -0.2) is 12.1 Å². The van der Waals surface area contributed by atoms with Gasteiger partial charge in [-0.05, 0) is 11.4 Å². The lowest BCUT2D eigenvalue weighted by molar-refractivity contribution is 0.0959. The molecule has 1 N–H and O–H groups in total. The minimum atomic E-state index is -0.257. The number of ether oxygens (including phenoxy) is 1. The molecule has 0 aliphatic rings. The maximum Gasteiger partial charge on any atom is 0.281 e. The van der Waals surface area contributed by atoms with Gasteiger partial charge in [-0.25, -0.2) is 5.43 Å². The second-order valence-electron chi connectivity index (χ2n) is 2.43. The molecule has 0 radical (unpaired) electrons. The van der Waals surface area contributed by atoms with Gasteiger partial charge in [0, 0.05) is 0 Å². The molecule has 1 heterocycles. The zero-order valence-electron chi connectivity index (χ0n) is 7.97. The predicted molar refractivity (Wildman–Crippen MR) is 60.7 cm³/mol. The summed E-state index contributed by atoms with van der Waals surface area (Å²) in [5, 5.41) is 5.47. The van der Waals surface area contributed by atoms with Crippen LogP contribution >= 0.6 is 11.3 Å². The molecule has 15 heavy (non-hydrogen) atoms. The van der Waals surface area contributed by atoms with Gasteiger partial charge < -0.3 is 4.74 Å². The van der Waals surface area contributed by atoms with Crippen LogP contribution in [0.2, 0.25) is 0 Å². The van der Waals surface area contributed by atoms with E-state index in [4.69, 9.17) is 4.74 Å². The molecule has 0 aliphatic heterocycles. The summed E-state index contributed by atoms with van der Waals surface area (Å²) in [6, 6.07) is 3.51. The molecule has 0 bridgehead atoms. The highest BCUT2D eigenvalue weighted by Crippen LogP contribution is 2.07. The number of hydrogen-bond acceptors (Lipinski definition) is 4. The van der Waals surface area contributed by atoms with Gasteiger partial charge in [-0.1, -0.05) is 19.2 Å². The molecule has 1 aromatic rings. The van der Waals surface area contributed by atoms with Gasteiger partial charge in [0.1, 0.15) is 5.76 Å². The number of allylic oxidation sites excluding steroid dienone is 1. The number of thiophene rings is 1. The first-order valence-corrected chi connectivity index (χ1v) is 4.95. The van der Waals surface area contributed by atoms with E-state index in [1.165, 1.54) is 23.8 Å². The summed E-state index contributed by atoms with van der Waals surface area (Å²) in [5.41, 5.74) is 2.34. The van der Waals surface area contributed by atoms with E-state index in [2.05, 4.69) is 23.7 Å². The molecule has 4 nitrogen and oxygen atoms in total. The van der Waals surface area contributed by atoms with E-state index in [-0.39, 0.29) is 5.91 Å². The van der Waals surface area contributed by atoms with Gasteiger partial charge in [0.05, 0.1) is 17.4 Å². The number of amides is 1. The summed E-state index contributed by atoms with van der Waals surface area (Å²) in [5.74, 6) is 0.0455. The SMILES string of the molecule is C=COC(=C)/C=N/NC(=O)c1cccs1. The van der Waals surface area contributed by atoms with Crippen molar-refractivity contribution in [2.45, 2.75) is 0 Å². The van der Waals surface area contributed by atoms with Crippen LogP contribution in [0.3, 0.4) is 0 Å². The Kier molecular flexibility index (Phi) is 4.30. The third-order valence-electron chi connectivity index (χ3n) is 1.35. The van der Waals surface area contributed by atoms with Crippen molar-refractivity contribution in [3.63, 3.8) is 0 Å². The molecule has 0 unspecified atom stereocenters. The van der Waals surface area contributed by atoms with Crippen LogP contribution in [0.1, 0.15) is 9.67 Å². The Morgan fingerprint density at radius 2 is 2.47 bits per heavy atom. The van der Waals surface area contributed by atoms with Crippen molar-refractivity contribution in [1.82, 2.24) is 5.43 Å². The van der Waals surface area contributed by atoms with Gasteiger partial charge in [-0.15, -0.1) is 11.3 Å². The maximum absolute atomic E-state index is 11.3. The molecule has 0 fully saturated rings. The van der Waals surface area contributed by atoms with Gasteiger partial charge >= 0.3 is 0 Å². The Morgan fingerprint density at radius 3 is 3.07 bits per heavy atom. The van der Waals surface area contributed by atoms with Crippen molar-refractivity contribution < 1.29 is 9.53 Å². The Hall–Kier alpha value is -1.88. The van der Waals surface area contributed by atoms with E-state index >= 15 is 0 Å². The lowest BCUT2D eigenvalue weighted by Gasteiger charge is -1.97. The van der Waals surface area contributed by atoms with Crippen LogP contribution in [-0.2, 0) is 4.74 Å². The second kappa shape index (κ2) is 5.77. The summed E-state index contributed by atoms with van der Waals surface area (Å²) in [6.45, 7) is 6.87. The molecule has 78 valence electrons. The normalized spacial score (nSPS) is 9.87. The lowest BCUT2D eigenvalue weighted by Crippen LogP contribution is -2.16. The van der Waals surface area contributed by atoms with Crippen molar-refractivity contribution in [3.8, 4) is 0 Å². The molecule has 0 aliphatic carbocycles. The van der Waals surface area contributed by atoms with Crippen molar-refractivity contribution in [2.24, 2.45) is 5.10 Å². The number of carbonyl (C=O) groups is 1. The Bertz CT molecular complexity index is 382. The fraction of sp³-hybridized carbons (Fsp3) is 0. The van der Waals surface area contributed by atoms with Crippen molar-refractivity contribution >= 4 is 23.5 Å². The van der Waals surface area contributed by atoms with Crippen LogP contribution in [0.15, 0.2) is 47.8 Å². The third-order valence-corrected chi connectivity index (χ3v) is 2.22. The van der Waals surface area contributed by atoms with Gasteiger partial charge in [-0.3, -0.25) is 4.79 Å². The highest BCUT2D eigenvalue weighted by Gasteiger charge is 2.03. The van der Waals surface area contributed by atoms with E-state index < -0.39 is 0 Å². The fourth-order valence-electron chi connectivity index (χ4n) is 0.763. The van der Waals surface area contributed by atoms with Crippen molar-refractivity contribution in [1.29, 1.82) is 0 Å². The minimum Gasteiger partial charge on any atom is -0.465 e. The monoisotopic (exact) mass is 222 g/mol. The highest BCUT2D eigenvalue weighted by atomic mass is 32.1. The first-order chi connectivity index (χ1) is 7.24. The molecule has 1 rings (SSSR count). The summed E-state index contributed by atoms with van der Waals surface area (Å²) in [6.07, 6.45) is 2.53. The smallest absolute Gasteiger partial charge is 0.281 e. The van der Waals surface area contributed by atoms with Gasteiger partial charge in [0.2, 0.25) is 0 Å². The zero-order chi connectivity index (χ0) is 11.1. The quantitative estimate of drug-likeness (QED) is 0.471. The number of hydrogen-bond donors (Lipinski definition) is 1. The molecule has 0 saturated heterocycles. The van der Waals surface area contributed by atoms with E-state index in [9.17, 15) is 4.79 Å². The molecule has 1 amide bonds. The standard InChI is InChI=1S/C10H10N2O2S/c1-3-14-8(2)7-11-12-10(13)9-5-4-6-15-9/h3-7H,1-2H2,(H,12,13)/b11-7+. The lowest BCUT2D eigenvalue weighted by atomic mass is 10.4. The zero-order valence-corrected chi connectivity index (χ0v) is 8.79. The van der Waals surface area contributed by atoms with E-state index in [1.807, 2.05) is 5.38 Å². The second-order valence-corrected chi connectivity index (χ2v) is 3.37. The molecule has 0 aromatic carbocycles. The molecule has 0 spiro atoms. The minimum absolute atomic E-state index is 0.257. The number of hydrazone groups is 1. The Labute approximate surface area is 91.6 Å². The summed E-state index contributed by atoms with van der Waals surface area (Å²) in [4.78, 5) is 11.9. The average molecular weight is 222 g/mol. The van der Waals surface area contributed by atoms with Crippen molar-refractivity contribution in [2.75, 3.05) is 0 Å². The molecular weight excluding hydrogens is 212 g/mol. The van der Waals surface area contributed by atoms with Crippen molar-refractivity contribution in [3.05, 3.63) is 47.6 Å². The summed E-state index contributed by atoms with van der Waals surface area (Å²) >= 11 is 1.34. The number of nitrogens with zero attached hydrogens (tertiary/aromatic N) is 1. The van der Waals surface area contributed by atoms with E-state index in [1.54, 1.807) is 12.1 Å². The number of rotatable bonds is 5. The summed E-state index contributed by atoms with van der Waals surface area (Å²) in [7, 11) is 0. The van der Waals surface area contributed by atoms with Gasteiger partial charge in [0.25, 0.3) is 5.91 Å². The van der Waals surface area contributed by atoms with Crippen LogP contribution in [0, 0.1) is 0 Å². The fourth-order valence-corrected chi connectivity index (χ4v) is 1.38. The first kappa shape index (κ1) is 11.2. The largest absolute Gasteiger partial charge is 0.465 e. The molecule has 0 saturated carbocycles.